The van der Waals surface area contributed by atoms with Gasteiger partial charge in [-0.3, -0.25) is 0 Å². The van der Waals surface area contributed by atoms with Crippen LogP contribution < -0.4 is 5.32 Å². The van der Waals surface area contributed by atoms with E-state index in [1.54, 1.807) is 11.8 Å². The van der Waals surface area contributed by atoms with Gasteiger partial charge in [0.25, 0.3) is 0 Å². The lowest BCUT2D eigenvalue weighted by molar-refractivity contribution is 0.352. The lowest BCUT2D eigenvalue weighted by Gasteiger charge is -2.05. The summed E-state index contributed by atoms with van der Waals surface area (Å²) in [6, 6.07) is 7.75. The number of rotatable bonds is 7. The van der Waals surface area contributed by atoms with Crippen molar-refractivity contribution in [2.45, 2.75) is 30.4 Å². The van der Waals surface area contributed by atoms with Crippen molar-refractivity contribution in [1.82, 2.24) is 15.5 Å². The zero-order valence-corrected chi connectivity index (χ0v) is 13.2. The van der Waals surface area contributed by atoms with Crippen molar-refractivity contribution in [2.24, 2.45) is 0 Å². The Labute approximate surface area is 128 Å². The summed E-state index contributed by atoms with van der Waals surface area (Å²) >= 11 is 7.60. The van der Waals surface area contributed by atoms with Gasteiger partial charge in [0.1, 0.15) is 0 Å². The standard InChI is InChI=1S/C14H18ClN3OS/c1-3-16-8-10(2)14-17-13(18-19-14)9-20-12-6-4-5-11(15)7-12/h4-7,10,16H,3,8-9H2,1-2H3. The summed E-state index contributed by atoms with van der Waals surface area (Å²) in [6.07, 6.45) is 0. The molecule has 2 rings (SSSR count). The second kappa shape index (κ2) is 7.67. The van der Waals surface area contributed by atoms with E-state index < -0.39 is 0 Å². The first-order chi connectivity index (χ1) is 9.69. The molecule has 1 aromatic carbocycles. The quantitative estimate of drug-likeness (QED) is 0.790. The first-order valence-electron chi connectivity index (χ1n) is 6.60. The summed E-state index contributed by atoms with van der Waals surface area (Å²) < 4.78 is 5.30. The van der Waals surface area contributed by atoms with Crippen LogP contribution in [0.5, 0.6) is 0 Å². The molecule has 4 nitrogen and oxygen atoms in total. The molecule has 0 aliphatic carbocycles. The SMILES string of the molecule is CCNCC(C)c1nc(CSc2cccc(Cl)c2)no1. The van der Waals surface area contributed by atoms with Gasteiger partial charge in [0, 0.05) is 22.4 Å². The average molecular weight is 312 g/mol. The highest BCUT2D eigenvalue weighted by Gasteiger charge is 2.13. The number of likely N-dealkylation sites (N-methyl/N-ethyl adjacent to an activating group) is 1. The number of halogens is 1. The minimum absolute atomic E-state index is 0.229. The van der Waals surface area contributed by atoms with Crippen LogP contribution in [0.25, 0.3) is 0 Å². The highest BCUT2D eigenvalue weighted by molar-refractivity contribution is 7.98. The molecule has 1 atom stereocenters. The molecule has 20 heavy (non-hydrogen) atoms. The normalized spacial score (nSPS) is 12.6. The largest absolute Gasteiger partial charge is 0.339 e. The molecule has 0 saturated carbocycles. The van der Waals surface area contributed by atoms with Crippen LogP contribution in [0.15, 0.2) is 33.7 Å². The van der Waals surface area contributed by atoms with E-state index in [2.05, 4.69) is 29.3 Å². The van der Waals surface area contributed by atoms with Crippen LogP contribution in [-0.2, 0) is 5.75 Å². The Morgan fingerprint density at radius 1 is 1.45 bits per heavy atom. The van der Waals surface area contributed by atoms with Gasteiger partial charge in [-0.05, 0) is 24.7 Å². The third-order valence-corrected chi connectivity index (χ3v) is 3.99. The fraction of sp³-hybridized carbons (Fsp3) is 0.429. The Morgan fingerprint density at radius 3 is 3.05 bits per heavy atom. The van der Waals surface area contributed by atoms with Crippen LogP contribution in [0, 0.1) is 0 Å². The zero-order chi connectivity index (χ0) is 14.4. The van der Waals surface area contributed by atoms with Crippen molar-refractivity contribution in [3.05, 3.63) is 41.0 Å². The molecule has 0 saturated heterocycles. The van der Waals surface area contributed by atoms with Gasteiger partial charge in [-0.15, -0.1) is 11.8 Å². The molecule has 0 bridgehead atoms. The molecular weight excluding hydrogens is 294 g/mol. The van der Waals surface area contributed by atoms with Gasteiger partial charge >= 0.3 is 0 Å². The summed E-state index contributed by atoms with van der Waals surface area (Å²) in [5, 5.41) is 8.03. The van der Waals surface area contributed by atoms with Crippen molar-refractivity contribution in [2.75, 3.05) is 13.1 Å². The van der Waals surface area contributed by atoms with E-state index in [9.17, 15) is 0 Å². The molecule has 1 N–H and O–H groups in total. The smallest absolute Gasteiger partial charge is 0.230 e. The van der Waals surface area contributed by atoms with Crippen molar-refractivity contribution >= 4 is 23.4 Å². The number of hydrogen-bond acceptors (Lipinski definition) is 5. The van der Waals surface area contributed by atoms with Crippen molar-refractivity contribution in [3.63, 3.8) is 0 Å². The average Bonchev–Trinajstić information content (AvgIpc) is 2.91. The van der Waals surface area contributed by atoms with Gasteiger partial charge in [-0.2, -0.15) is 4.98 Å². The molecule has 0 aliphatic heterocycles. The molecule has 0 fully saturated rings. The van der Waals surface area contributed by atoms with E-state index in [1.165, 1.54) is 0 Å². The monoisotopic (exact) mass is 311 g/mol. The lowest BCUT2D eigenvalue weighted by atomic mass is 10.2. The maximum absolute atomic E-state index is 5.95. The van der Waals surface area contributed by atoms with Crippen molar-refractivity contribution in [1.29, 1.82) is 0 Å². The van der Waals surface area contributed by atoms with Gasteiger partial charge in [0.2, 0.25) is 5.89 Å². The predicted molar refractivity (Wildman–Crippen MR) is 82.3 cm³/mol. The minimum Gasteiger partial charge on any atom is -0.339 e. The number of thioether (sulfide) groups is 1. The molecular formula is C14H18ClN3OS. The summed E-state index contributed by atoms with van der Waals surface area (Å²) in [5.41, 5.74) is 0. The van der Waals surface area contributed by atoms with Crippen LogP contribution in [0.4, 0.5) is 0 Å². The molecule has 6 heteroatoms. The first kappa shape index (κ1) is 15.4. The van der Waals surface area contributed by atoms with Crippen molar-refractivity contribution in [3.8, 4) is 0 Å². The summed E-state index contributed by atoms with van der Waals surface area (Å²) in [7, 11) is 0. The van der Waals surface area contributed by atoms with E-state index in [0.717, 1.165) is 23.0 Å². The molecule has 0 aliphatic rings. The summed E-state index contributed by atoms with van der Waals surface area (Å²) in [4.78, 5) is 5.53. The zero-order valence-electron chi connectivity index (χ0n) is 11.6. The van der Waals surface area contributed by atoms with Crippen LogP contribution in [0.3, 0.4) is 0 Å². The third kappa shape index (κ3) is 4.51. The fourth-order valence-corrected chi connectivity index (χ4v) is 2.73. The Kier molecular flexibility index (Phi) is 5.88. The van der Waals surface area contributed by atoms with E-state index in [1.807, 2.05) is 24.3 Å². The van der Waals surface area contributed by atoms with Gasteiger partial charge in [0.05, 0.1) is 5.75 Å². The maximum Gasteiger partial charge on any atom is 0.230 e. The van der Waals surface area contributed by atoms with Crippen molar-refractivity contribution < 1.29 is 4.52 Å². The Bertz CT molecular complexity index is 547. The molecule has 1 heterocycles. The minimum atomic E-state index is 0.229. The van der Waals surface area contributed by atoms with E-state index in [4.69, 9.17) is 16.1 Å². The summed E-state index contributed by atoms with van der Waals surface area (Å²) in [6.45, 7) is 5.94. The van der Waals surface area contributed by atoms with Crippen LogP contribution in [0.2, 0.25) is 5.02 Å². The van der Waals surface area contributed by atoms with E-state index in [-0.39, 0.29) is 5.92 Å². The molecule has 1 aromatic heterocycles. The topological polar surface area (TPSA) is 51.0 Å². The Morgan fingerprint density at radius 2 is 2.30 bits per heavy atom. The number of hydrogen-bond donors (Lipinski definition) is 1. The highest BCUT2D eigenvalue weighted by atomic mass is 35.5. The molecule has 0 radical (unpaired) electrons. The third-order valence-electron chi connectivity index (χ3n) is 2.77. The number of nitrogens with one attached hydrogen (secondary N) is 1. The van der Waals surface area contributed by atoms with Crippen LogP contribution in [-0.4, -0.2) is 23.2 Å². The molecule has 0 amide bonds. The van der Waals surface area contributed by atoms with Gasteiger partial charge in [-0.25, -0.2) is 0 Å². The van der Waals surface area contributed by atoms with Gasteiger partial charge in [0.15, 0.2) is 5.82 Å². The molecule has 108 valence electrons. The van der Waals surface area contributed by atoms with Gasteiger partial charge < -0.3 is 9.84 Å². The predicted octanol–water partition coefficient (Wildman–Crippen LogP) is 3.73. The number of nitrogens with zero attached hydrogens (tertiary/aromatic N) is 2. The second-order valence-electron chi connectivity index (χ2n) is 4.50. The second-order valence-corrected chi connectivity index (χ2v) is 5.99. The number of benzene rings is 1. The summed E-state index contributed by atoms with van der Waals surface area (Å²) in [5.74, 6) is 2.31. The molecule has 2 aromatic rings. The van der Waals surface area contributed by atoms with Gasteiger partial charge in [-0.1, -0.05) is 36.7 Å². The Hall–Kier alpha value is -1.04. The first-order valence-corrected chi connectivity index (χ1v) is 7.97. The fourth-order valence-electron chi connectivity index (χ4n) is 1.68. The Balaban J connectivity index is 1.89. The highest BCUT2D eigenvalue weighted by Crippen LogP contribution is 2.24. The molecule has 0 spiro atoms. The van der Waals surface area contributed by atoms with E-state index in [0.29, 0.717) is 17.5 Å². The molecule has 1 unspecified atom stereocenters. The van der Waals surface area contributed by atoms with Crippen LogP contribution >= 0.6 is 23.4 Å². The van der Waals surface area contributed by atoms with E-state index >= 15 is 0 Å². The van der Waals surface area contributed by atoms with Crippen LogP contribution in [0.1, 0.15) is 31.5 Å². The maximum atomic E-state index is 5.95. The number of aromatic nitrogens is 2. The lowest BCUT2D eigenvalue weighted by Crippen LogP contribution is -2.19.